The molecule has 1 saturated carbocycles. The van der Waals surface area contributed by atoms with Crippen molar-refractivity contribution in [2.24, 2.45) is 0 Å². The Morgan fingerprint density at radius 3 is 2.35 bits per heavy atom. The van der Waals surface area contributed by atoms with Gasteiger partial charge in [0, 0.05) is 42.3 Å². The van der Waals surface area contributed by atoms with E-state index in [2.05, 4.69) is 16.0 Å². The lowest BCUT2D eigenvalue weighted by atomic mass is 9.84. The summed E-state index contributed by atoms with van der Waals surface area (Å²) in [6.45, 7) is 0.826. The van der Waals surface area contributed by atoms with Gasteiger partial charge in [-0.1, -0.05) is 42.5 Å². The summed E-state index contributed by atoms with van der Waals surface area (Å²) < 4.78 is 56.7. The predicted molar refractivity (Wildman–Crippen MR) is 170 cm³/mol. The van der Waals surface area contributed by atoms with Gasteiger partial charge in [-0.25, -0.2) is 22.0 Å². The molecule has 244 valence electrons. The molecular weight excluding hydrogens is 614 g/mol. The van der Waals surface area contributed by atoms with Crippen molar-refractivity contribution in [3.63, 3.8) is 0 Å². The molecule has 2 saturated heterocycles. The van der Waals surface area contributed by atoms with Crippen molar-refractivity contribution in [2.75, 3.05) is 24.2 Å². The zero-order valence-electron chi connectivity index (χ0n) is 25.3. The number of carbonyl (C=O) groups excluding carboxylic acids is 1. The largest absolute Gasteiger partial charge is 0.465 e. The average molecular weight is 653 g/mol. The second-order valence-electron chi connectivity index (χ2n) is 12.5. The molecule has 6 rings (SSSR count). The van der Waals surface area contributed by atoms with Crippen LogP contribution in [-0.4, -0.2) is 66.8 Å². The monoisotopic (exact) mass is 652 g/mol. The molecule has 9 nitrogen and oxygen atoms in total. The lowest BCUT2D eigenvalue weighted by molar-refractivity contribution is -0.118. The second kappa shape index (κ2) is 13.5. The van der Waals surface area contributed by atoms with Gasteiger partial charge in [0.1, 0.15) is 17.7 Å². The molecule has 2 aliphatic heterocycles. The fraction of sp³-hybridized carbons (Fsp3) is 0.412. The molecule has 4 N–H and O–H groups in total. The fourth-order valence-electron chi connectivity index (χ4n) is 6.77. The van der Waals surface area contributed by atoms with Crippen molar-refractivity contribution >= 4 is 27.7 Å². The van der Waals surface area contributed by atoms with Gasteiger partial charge in [0.2, 0.25) is 15.9 Å². The molecule has 46 heavy (non-hydrogen) atoms. The summed E-state index contributed by atoms with van der Waals surface area (Å²) in [4.78, 5) is 26.0. The number of hydrogen-bond donors (Lipinski definition) is 4. The van der Waals surface area contributed by atoms with Crippen LogP contribution in [0.2, 0.25) is 0 Å². The molecule has 0 radical (unpaired) electrons. The van der Waals surface area contributed by atoms with Crippen molar-refractivity contribution in [3.8, 4) is 0 Å². The van der Waals surface area contributed by atoms with E-state index in [0.717, 1.165) is 24.8 Å². The number of halogens is 2. The molecule has 0 spiro atoms. The number of benzene rings is 3. The smallest absolute Gasteiger partial charge is 0.405 e. The first-order valence-electron chi connectivity index (χ1n) is 15.7. The molecule has 3 aromatic rings. The van der Waals surface area contributed by atoms with Crippen molar-refractivity contribution in [2.45, 2.75) is 68.5 Å². The molecule has 3 aliphatic rings. The van der Waals surface area contributed by atoms with Crippen molar-refractivity contribution in [1.82, 2.24) is 14.9 Å². The Bertz CT molecular complexity index is 1680. The molecule has 2 amide bonds. The van der Waals surface area contributed by atoms with Crippen LogP contribution in [0.25, 0.3) is 0 Å². The van der Waals surface area contributed by atoms with Crippen molar-refractivity contribution in [1.29, 1.82) is 0 Å². The Morgan fingerprint density at radius 1 is 0.978 bits per heavy atom. The Labute approximate surface area is 267 Å². The van der Waals surface area contributed by atoms with Gasteiger partial charge in [-0.15, -0.1) is 0 Å². The minimum Gasteiger partial charge on any atom is -0.465 e. The number of nitrogens with one attached hydrogen (secondary N) is 3. The number of amides is 2. The number of sulfonamides is 1. The molecule has 3 fully saturated rings. The van der Waals surface area contributed by atoms with Gasteiger partial charge in [-0.3, -0.25) is 4.79 Å². The van der Waals surface area contributed by atoms with Gasteiger partial charge in [0.25, 0.3) is 0 Å². The average Bonchev–Trinajstić information content (AvgIpc) is 3.88. The van der Waals surface area contributed by atoms with Crippen LogP contribution in [0, 0.1) is 11.6 Å². The third-order valence-corrected chi connectivity index (χ3v) is 11.3. The van der Waals surface area contributed by atoms with E-state index >= 15 is 4.39 Å². The second-order valence-corrected chi connectivity index (χ2v) is 14.5. The number of fused-ring (bicyclic) bond motifs is 2. The molecule has 5 unspecified atom stereocenters. The maximum Gasteiger partial charge on any atom is 0.405 e. The Balaban J connectivity index is 1.27. The summed E-state index contributed by atoms with van der Waals surface area (Å²) in [5.74, 6) is -2.00. The van der Waals surface area contributed by atoms with E-state index in [1.54, 1.807) is 6.07 Å². The normalized spacial score (nSPS) is 23.5. The van der Waals surface area contributed by atoms with E-state index in [-0.39, 0.29) is 35.5 Å². The highest BCUT2D eigenvalue weighted by Crippen LogP contribution is 2.41. The third kappa shape index (κ3) is 7.24. The summed E-state index contributed by atoms with van der Waals surface area (Å²) in [5, 5.41) is 18.3. The van der Waals surface area contributed by atoms with Crippen LogP contribution in [-0.2, 0) is 21.2 Å². The van der Waals surface area contributed by atoms with E-state index in [1.165, 1.54) is 40.7 Å². The highest BCUT2D eigenvalue weighted by molar-refractivity contribution is 7.89. The maximum absolute atomic E-state index is 15.3. The number of anilines is 1. The maximum atomic E-state index is 15.3. The summed E-state index contributed by atoms with van der Waals surface area (Å²) in [6.07, 6.45) is 2.62. The lowest BCUT2D eigenvalue weighted by Crippen LogP contribution is -2.57. The first-order chi connectivity index (χ1) is 22.1. The SMILES string of the molecule is O=C(O)NC(C(=O)Nc1cccc(F)c1CCC1CNC2CCCS(=O)(=O)N1C2)C(c1ccc(F)cc1)c1ccc(C2CC2)cc1. The number of hydrogen-bond acceptors (Lipinski definition) is 5. The fourth-order valence-corrected chi connectivity index (χ4v) is 8.58. The molecule has 2 bridgehead atoms. The first-order valence-corrected chi connectivity index (χ1v) is 17.4. The summed E-state index contributed by atoms with van der Waals surface area (Å²) in [5.41, 5.74) is 2.72. The molecule has 3 aromatic carbocycles. The van der Waals surface area contributed by atoms with E-state index in [0.29, 0.717) is 43.0 Å². The van der Waals surface area contributed by atoms with E-state index in [9.17, 15) is 27.5 Å². The Hall–Kier alpha value is -3.87. The number of piperazine rings is 1. The molecular formula is C34H38F2N4O5S. The van der Waals surface area contributed by atoms with Crippen molar-refractivity contribution < 1.29 is 31.9 Å². The van der Waals surface area contributed by atoms with Crippen LogP contribution in [0.4, 0.5) is 19.3 Å². The predicted octanol–water partition coefficient (Wildman–Crippen LogP) is 4.95. The van der Waals surface area contributed by atoms with Gasteiger partial charge in [0.15, 0.2) is 0 Å². The summed E-state index contributed by atoms with van der Waals surface area (Å²) in [7, 11) is -3.43. The van der Waals surface area contributed by atoms with E-state index in [1.807, 2.05) is 24.3 Å². The van der Waals surface area contributed by atoms with Crippen LogP contribution in [0.15, 0.2) is 66.7 Å². The highest BCUT2D eigenvalue weighted by atomic mass is 32.2. The van der Waals surface area contributed by atoms with Gasteiger partial charge in [-0.2, -0.15) is 4.31 Å². The van der Waals surface area contributed by atoms with Crippen molar-refractivity contribution in [3.05, 3.63) is 101 Å². The first kappa shape index (κ1) is 32.1. The minimum atomic E-state index is -3.43. The molecule has 12 heteroatoms. The van der Waals surface area contributed by atoms with Gasteiger partial charge < -0.3 is 21.1 Å². The Morgan fingerprint density at radius 2 is 1.67 bits per heavy atom. The van der Waals surface area contributed by atoms with E-state index in [4.69, 9.17) is 0 Å². The van der Waals surface area contributed by atoms with E-state index < -0.39 is 45.6 Å². The summed E-state index contributed by atoms with van der Waals surface area (Å²) in [6, 6.07) is 15.9. The zero-order valence-corrected chi connectivity index (χ0v) is 26.1. The molecule has 1 aliphatic carbocycles. The molecule has 5 atom stereocenters. The number of carboxylic acid groups (broad SMARTS) is 1. The van der Waals surface area contributed by atoms with Crippen LogP contribution >= 0.6 is 0 Å². The molecule has 2 heterocycles. The van der Waals surface area contributed by atoms with Crippen LogP contribution < -0.4 is 16.0 Å². The Kier molecular flexibility index (Phi) is 9.39. The van der Waals surface area contributed by atoms with Gasteiger partial charge in [0.05, 0.1) is 5.75 Å². The highest BCUT2D eigenvalue weighted by Gasteiger charge is 2.38. The van der Waals surface area contributed by atoms with Gasteiger partial charge in [-0.05, 0) is 85.4 Å². The number of nitrogens with zero attached hydrogens (tertiary/aromatic N) is 1. The third-order valence-electron chi connectivity index (χ3n) is 9.33. The van der Waals surface area contributed by atoms with Crippen LogP contribution in [0.1, 0.15) is 66.2 Å². The van der Waals surface area contributed by atoms with Crippen LogP contribution in [0.5, 0.6) is 0 Å². The zero-order chi connectivity index (χ0) is 32.4. The lowest BCUT2D eigenvalue weighted by Gasteiger charge is -2.37. The minimum absolute atomic E-state index is 0.0825. The topological polar surface area (TPSA) is 128 Å². The summed E-state index contributed by atoms with van der Waals surface area (Å²) >= 11 is 0. The van der Waals surface area contributed by atoms with Crippen LogP contribution in [0.3, 0.4) is 0 Å². The van der Waals surface area contributed by atoms with Gasteiger partial charge >= 0.3 is 6.09 Å². The molecule has 0 aromatic heterocycles. The standard InChI is InChI=1S/C34H38F2N4O5S/c35-25-14-12-24(13-15-25)31(23-10-8-22(9-11-23)21-6-7-21)32(39-34(42)43)33(41)38-30-5-1-4-29(36)28(30)17-16-27-19-37-26-3-2-18-46(44,45)40(27)20-26/h1,4-5,8-15,21,26-27,31-32,37,39H,2-3,6-7,16-20H2,(H,38,41)(H,42,43). The quantitative estimate of drug-likeness (QED) is 0.246. The number of carbonyl (C=O) groups is 2. The number of rotatable bonds is 10.